The molecule has 4 aromatic carbocycles. The van der Waals surface area contributed by atoms with E-state index in [4.69, 9.17) is 18.7 Å². The minimum atomic E-state index is -0.607. The van der Waals surface area contributed by atoms with Gasteiger partial charge in [-0.1, -0.05) is 121 Å². The molecule has 226 valence electrons. The van der Waals surface area contributed by atoms with Gasteiger partial charge in [-0.25, -0.2) is 19.9 Å². The van der Waals surface area contributed by atoms with Crippen LogP contribution in [-0.4, -0.2) is 29.9 Å². The number of nitrogens with zero attached hydrogens (tertiary/aromatic N) is 6. The molecule has 6 nitrogen and oxygen atoms in total. The van der Waals surface area contributed by atoms with E-state index in [1.165, 1.54) is 0 Å². The molecule has 8 rings (SSSR count). The van der Waals surface area contributed by atoms with Gasteiger partial charge in [-0.05, 0) is 58.7 Å². The van der Waals surface area contributed by atoms with Gasteiger partial charge >= 0.3 is 0 Å². The highest BCUT2D eigenvalue weighted by atomic mass is 15.0. The van der Waals surface area contributed by atoms with E-state index in [0.29, 0.717) is 17.0 Å². The van der Waals surface area contributed by atoms with Crippen LogP contribution in [0.4, 0.5) is 0 Å². The molecule has 0 bridgehead atoms. The molecule has 4 aromatic heterocycles. The predicted molar refractivity (Wildman–Crippen MR) is 191 cm³/mol. The van der Waals surface area contributed by atoms with Crippen LogP contribution in [-0.2, 0) is 0 Å². The Hall–Kier alpha value is -6.66. The summed E-state index contributed by atoms with van der Waals surface area (Å²) in [4.78, 5) is 27.2. The summed E-state index contributed by atoms with van der Waals surface area (Å²) < 4.78 is 83.1. The first-order valence-electron chi connectivity index (χ1n) is 19.9. The summed E-state index contributed by atoms with van der Waals surface area (Å²) in [5.41, 5.74) is 6.29. The zero-order valence-electron chi connectivity index (χ0n) is 35.1. The molecular formula is C42H28N6. The van der Waals surface area contributed by atoms with Crippen molar-refractivity contribution in [3.8, 4) is 79.2 Å². The summed E-state index contributed by atoms with van der Waals surface area (Å²) in [5.74, 6) is -0.653. The molecular weight excluding hydrogens is 589 g/mol. The Balaban J connectivity index is 1.19. The van der Waals surface area contributed by atoms with Gasteiger partial charge in [0, 0.05) is 29.1 Å². The van der Waals surface area contributed by atoms with Crippen LogP contribution in [0.15, 0.2) is 170 Å². The third-order valence-corrected chi connectivity index (χ3v) is 7.46. The Kier molecular flexibility index (Phi) is 5.35. The molecule has 0 aliphatic carbocycles. The Morgan fingerprint density at radius 2 is 0.729 bits per heavy atom. The molecule has 0 saturated carbocycles. The summed E-state index contributed by atoms with van der Waals surface area (Å²) in [6, 6.07) is 24.6. The van der Waals surface area contributed by atoms with Crippen LogP contribution in [0.1, 0.15) is 13.7 Å². The van der Waals surface area contributed by atoms with Crippen molar-refractivity contribution in [2.24, 2.45) is 0 Å². The number of pyridine rings is 3. The molecule has 0 aliphatic rings. The van der Waals surface area contributed by atoms with E-state index in [1.807, 2.05) is 84.9 Å². The van der Waals surface area contributed by atoms with E-state index in [9.17, 15) is 0 Å². The number of rotatable bonds is 7. The van der Waals surface area contributed by atoms with Crippen LogP contribution in [0.3, 0.4) is 0 Å². The Labute approximate surface area is 292 Å². The maximum Gasteiger partial charge on any atom is 0.164 e. The van der Waals surface area contributed by atoms with E-state index in [-0.39, 0.29) is 28.6 Å². The molecule has 0 fully saturated rings. The van der Waals surface area contributed by atoms with Crippen molar-refractivity contribution in [1.29, 1.82) is 0 Å². The topological polar surface area (TPSA) is 77.3 Å². The zero-order chi connectivity index (χ0) is 40.8. The molecule has 8 aromatic rings. The molecule has 0 unspecified atom stereocenters. The van der Waals surface area contributed by atoms with E-state index in [2.05, 4.69) is 24.9 Å². The maximum absolute atomic E-state index is 8.56. The molecule has 0 saturated heterocycles. The minimum Gasteiger partial charge on any atom is -0.255 e. The van der Waals surface area contributed by atoms with Gasteiger partial charge in [0.15, 0.2) is 17.5 Å². The third-order valence-electron chi connectivity index (χ3n) is 7.46. The highest BCUT2D eigenvalue weighted by Gasteiger charge is 2.13. The normalized spacial score (nSPS) is 13.8. The lowest BCUT2D eigenvalue weighted by Gasteiger charge is -2.11. The number of aromatic nitrogens is 6. The molecule has 4 heterocycles. The molecule has 0 radical (unpaired) electrons. The van der Waals surface area contributed by atoms with Crippen LogP contribution >= 0.6 is 0 Å². The summed E-state index contributed by atoms with van der Waals surface area (Å²) in [6.45, 7) is 0. The first-order valence-corrected chi connectivity index (χ1v) is 14.9. The standard InChI is InChI=1S/C42H28N6/c1-3-11-32(12-4-1)40-46-41(33-13-5-2-6-14-33)48-42(47-40)34-23-21-30(22-24-34)29-17-19-31(20-18-29)35-27-38(36-15-7-9-25-43-36)45-39(28-35)37-16-8-10-26-44-37/h1-28H/i1D,2D,3D,4D,5D,6D,11D,12D,13D,14D. The lowest BCUT2D eigenvalue weighted by atomic mass is 9.98. The predicted octanol–water partition coefficient (Wildman–Crippen LogP) is 9.73. The van der Waals surface area contributed by atoms with Gasteiger partial charge < -0.3 is 0 Å². The van der Waals surface area contributed by atoms with E-state index >= 15 is 0 Å². The van der Waals surface area contributed by atoms with Gasteiger partial charge in [-0.2, -0.15) is 0 Å². The summed E-state index contributed by atoms with van der Waals surface area (Å²) in [7, 11) is 0. The van der Waals surface area contributed by atoms with E-state index in [0.717, 1.165) is 33.6 Å². The van der Waals surface area contributed by atoms with E-state index < -0.39 is 60.4 Å². The first kappa shape index (κ1) is 19.8. The van der Waals surface area contributed by atoms with Crippen LogP contribution < -0.4 is 0 Å². The second kappa shape index (κ2) is 13.0. The molecule has 0 N–H and O–H groups in total. The van der Waals surface area contributed by atoms with Crippen LogP contribution in [0.25, 0.3) is 79.2 Å². The summed E-state index contributed by atoms with van der Waals surface area (Å²) in [6.07, 6.45) is 3.45. The van der Waals surface area contributed by atoms with E-state index in [1.54, 1.807) is 24.5 Å². The maximum atomic E-state index is 8.56. The summed E-state index contributed by atoms with van der Waals surface area (Å²) >= 11 is 0. The van der Waals surface area contributed by atoms with Crippen molar-refractivity contribution in [3.63, 3.8) is 0 Å². The van der Waals surface area contributed by atoms with Gasteiger partial charge in [0.2, 0.25) is 0 Å². The van der Waals surface area contributed by atoms with Crippen molar-refractivity contribution in [1.82, 2.24) is 29.9 Å². The Morgan fingerprint density at radius 1 is 0.333 bits per heavy atom. The number of benzene rings is 4. The van der Waals surface area contributed by atoms with Crippen molar-refractivity contribution in [2.45, 2.75) is 0 Å². The minimum absolute atomic E-state index is 0.00868. The molecule has 6 heteroatoms. The fourth-order valence-electron chi connectivity index (χ4n) is 5.11. The van der Waals surface area contributed by atoms with Crippen molar-refractivity contribution < 1.29 is 13.7 Å². The van der Waals surface area contributed by atoms with Crippen LogP contribution in [0, 0.1) is 0 Å². The van der Waals surface area contributed by atoms with Crippen LogP contribution in [0.5, 0.6) is 0 Å². The Morgan fingerprint density at radius 3 is 1.15 bits per heavy atom. The zero-order valence-corrected chi connectivity index (χ0v) is 25.1. The lowest BCUT2D eigenvalue weighted by Crippen LogP contribution is -2.00. The second-order valence-corrected chi connectivity index (χ2v) is 10.5. The van der Waals surface area contributed by atoms with Crippen molar-refractivity contribution in [2.75, 3.05) is 0 Å². The third kappa shape index (κ3) is 6.10. The molecule has 48 heavy (non-hydrogen) atoms. The van der Waals surface area contributed by atoms with Gasteiger partial charge in [0.25, 0.3) is 0 Å². The highest BCUT2D eigenvalue weighted by Crippen LogP contribution is 2.32. The molecule has 0 spiro atoms. The number of hydrogen-bond donors (Lipinski definition) is 0. The second-order valence-electron chi connectivity index (χ2n) is 10.5. The number of hydrogen-bond acceptors (Lipinski definition) is 6. The SMILES string of the molecule is [2H]c1c([2H])c([2H])c(-c2nc(-c3ccc(-c4ccc(-c5cc(-c6ccccn6)nc(-c6ccccn6)c5)cc4)cc3)nc(-c3c([2H])c([2H])c([2H])c([2H])c3[2H])n2)c([2H])c1[2H]. The van der Waals surface area contributed by atoms with Crippen molar-refractivity contribution in [3.05, 3.63) is 170 Å². The lowest BCUT2D eigenvalue weighted by molar-refractivity contribution is 1.07. The fraction of sp³-hybridized carbons (Fsp3) is 0. The largest absolute Gasteiger partial charge is 0.255 e. The first-order chi connectivity index (χ1) is 27.9. The monoisotopic (exact) mass is 626 g/mol. The quantitative estimate of drug-likeness (QED) is 0.175. The van der Waals surface area contributed by atoms with Gasteiger partial charge in [-0.15, -0.1) is 0 Å². The average Bonchev–Trinajstić information content (AvgIpc) is 3.27. The average molecular weight is 627 g/mol. The van der Waals surface area contributed by atoms with Gasteiger partial charge in [-0.3, -0.25) is 9.97 Å². The van der Waals surface area contributed by atoms with Crippen LogP contribution in [0.2, 0.25) is 0 Å². The van der Waals surface area contributed by atoms with Gasteiger partial charge in [0.1, 0.15) is 0 Å². The Bertz CT molecular complexity index is 2680. The fourth-order valence-corrected chi connectivity index (χ4v) is 5.11. The molecule has 0 atom stereocenters. The summed E-state index contributed by atoms with van der Waals surface area (Å²) in [5, 5.41) is 0. The van der Waals surface area contributed by atoms with Crippen molar-refractivity contribution >= 4 is 0 Å². The smallest absolute Gasteiger partial charge is 0.164 e. The van der Waals surface area contributed by atoms with Gasteiger partial charge in [0.05, 0.1) is 36.5 Å². The molecule has 0 amide bonds. The highest BCUT2D eigenvalue weighted by molar-refractivity contribution is 5.77. The molecule has 0 aliphatic heterocycles.